The van der Waals surface area contributed by atoms with Crippen molar-refractivity contribution in [3.8, 4) is 5.75 Å². The third-order valence-electron chi connectivity index (χ3n) is 3.32. The van der Waals surface area contributed by atoms with Crippen molar-refractivity contribution < 1.29 is 27.1 Å². The standard InChI is InChI=1S/C13H15FN2O5S/c1-21-9-2-3-10(11(14)6-9)13(18)16-15-12(17)8-4-5-22(19,20)7-8/h2-3,6,8H,4-5,7H2,1H3,(H,15,17)(H,16,18)/t8-/m1/s1. The van der Waals surface area contributed by atoms with E-state index in [2.05, 4.69) is 10.9 Å². The second kappa shape index (κ2) is 6.30. The first-order valence-corrected chi connectivity index (χ1v) is 8.28. The molecule has 0 radical (unpaired) electrons. The first kappa shape index (κ1) is 16.2. The number of hydrazine groups is 1. The maximum absolute atomic E-state index is 13.7. The van der Waals surface area contributed by atoms with Crippen LogP contribution >= 0.6 is 0 Å². The van der Waals surface area contributed by atoms with Crippen molar-refractivity contribution >= 4 is 21.7 Å². The van der Waals surface area contributed by atoms with Crippen LogP contribution in [0.5, 0.6) is 5.75 Å². The van der Waals surface area contributed by atoms with Crippen molar-refractivity contribution in [1.29, 1.82) is 0 Å². The number of amides is 2. The second-order valence-electron chi connectivity index (χ2n) is 4.89. The van der Waals surface area contributed by atoms with Crippen molar-refractivity contribution in [2.75, 3.05) is 18.6 Å². The minimum atomic E-state index is -3.19. The van der Waals surface area contributed by atoms with E-state index in [0.717, 1.165) is 6.07 Å². The fourth-order valence-electron chi connectivity index (χ4n) is 2.10. The summed E-state index contributed by atoms with van der Waals surface area (Å²) in [7, 11) is -1.83. The van der Waals surface area contributed by atoms with Gasteiger partial charge in [-0.25, -0.2) is 12.8 Å². The van der Waals surface area contributed by atoms with Crippen LogP contribution in [0.15, 0.2) is 18.2 Å². The normalized spacial score (nSPS) is 19.5. The Morgan fingerprint density at radius 3 is 2.59 bits per heavy atom. The lowest BCUT2D eigenvalue weighted by Gasteiger charge is -2.11. The molecule has 0 spiro atoms. The largest absolute Gasteiger partial charge is 0.497 e. The van der Waals surface area contributed by atoms with Crippen LogP contribution in [-0.4, -0.2) is 38.8 Å². The molecule has 0 bridgehead atoms. The van der Waals surface area contributed by atoms with Crippen LogP contribution in [0, 0.1) is 11.7 Å². The van der Waals surface area contributed by atoms with E-state index >= 15 is 0 Å². The summed E-state index contributed by atoms with van der Waals surface area (Å²) in [5.74, 6) is -2.98. The van der Waals surface area contributed by atoms with Gasteiger partial charge in [0, 0.05) is 6.07 Å². The summed E-state index contributed by atoms with van der Waals surface area (Å²) in [6.07, 6.45) is 0.209. The molecule has 22 heavy (non-hydrogen) atoms. The average Bonchev–Trinajstić information content (AvgIpc) is 2.84. The summed E-state index contributed by atoms with van der Waals surface area (Å²) in [5, 5.41) is 0. The molecule has 1 heterocycles. The molecule has 2 amide bonds. The summed E-state index contributed by atoms with van der Waals surface area (Å²) in [5.41, 5.74) is 3.92. The molecule has 1 fully saturated rings. The molecule has 1 aromatic rings. The number of benzene rings is 1. The van der Waals surface area contributed by atoms with Gasteiger partial charge >= 0.3 is 0 Å². The molecule has 0 aliphatic carbocycles. The molecule has 7 nitrogen and oxygen atoms in total. The van der Waals surface area contributed by atoms with E-state index < -0.39 is 33.4 Å². The molecule has 0 unspecified atom stereocenters. The quantitative estimate of drug-likeness (QED) is 0.762. The average molecular weight is 330 g/mol. The Morgan fingerprint density at radius 1 is 1.32 bits per heavy atom. The van der Waals surface area contributed by atoms with E-state index in [1.54, 1.807) is 0 Å². The van der Waals surface area contributed by atoms with Crippen LogP contribution in [-0.2, 0) is 14.6 Å². The molecule has 1 aliphatic heterocycles. The van der Waals surface area contributed by atoms with Gasteiger partial charge in [0.1, 0.15) is 11.6 Å². The van der Waals surface area contributed by atoms with Gasteiger partial charge in [-0.05, 0) is 18.6 Å². The Labute approximate surface area is 126 Å². The molecular weight excluding hydrogens is 315 g/mol. The third-order valence-corrected chi connectivity index (χ3v) is 5.09. The van der Waals surface area contributed by atoms with Gasteiger partial charge < -0.3 is 4.74 Å². The van der Waals surface area contributed by atoms with Crippen LogP contribution < -0.4 is 15.6 Å². The first-order valence-electron chi connectivity index (χ1n) is 6.46. The van der Waals surface area contributed by atoms with Crippen LogP contribution in [0.25, 0.3) is 0 Å². The Hall–Kier alpha value is -2.16. The highest BCUT2D eigenvalue weighted by Crippen LogP contribution is 2.18. The highest BCUT2D eigenvalue weighted by atomic mass is 32.2. The fourth-order valence-corrected chi connectivity index (χ4v) is 3.84. The lowest BCUT2D eigenvalue weighted by atomic mass is 10.1. The Kier molecular flexibility index (Phi) is 4.65. The van der Waals surface area contributed by atoms with Gasteiger partial charge in [0.25, 0.3) is 5.91 Å². The summed E-state index contributed by atoms with van der Waals surface area (Å²) in [4.78, 5) is 23.5. The second-order valence-corrected chi connectivity index (χ2v) is 7.12. The van der Waals surface area contributed by atoms with Gasteiger partial charge in [-0.3, -0.25) is 20.4 Å². The van der Waals surface area contributed by atoms with Crippen molar-refractivity contribution in [3.05, 3.63) is 29.6 Å². The summed E-state index contributed by atoms with van der Waals surface area (Å²) < 4.78 is 41.1. The van der Waals surface area contributed by atoms with Gasteiger partial charge in [-0.2, -0.15) is 0 Å². The van der Waals surface area contributed by atoms with Gasteiger partial charge in [-0.15, -0.1) is 0 Å². The number of halogens is 1. The van der Waals surface area contributed by atoms with E-state index in [9.17, 15) is 22.4 Å². The molecule has 120 valence electrons. The molecule has 1 aliphatic rings. The van der Waals surface area contributed by atoms with Gasteiger partial charge in [-0.1, -0.05) is 0 Å². The monoisotopic (exact) mass is 330 g/mol. The van der Waals surface area contributed by atoms with Gasteiger partial charge in [0.05, 0.1) is 30.1 Å². The van der Waals surface area contributed by atoms with Crippen molar-refractivity contribution in [2.24, 2.45) is 5.92 Å². The third kappa shape index (κ3) is 3.73. The van der Waals surface area contributed by atoms with E-state index in [1.807, 2.05) is 0 Å². The molecule has 2 N–H and O–H groups in total. The first-order chi connectivity index (χ1) is 10.3. The van der Waals surface area contributed by atoms with E-state index in [-0.39, 0.29) is 29.2 Å². The maximum atomic E-state index is 13.7. The zero-order valence-corrected chi connectivity index (χ0v) is 12.6. The number of carbonyl (C=O) groups is 2. The lowest BCUT2D eigenvalue weighted by molar-refractivity contribution is -0.125. The van der Waals surface area contributed by atoms with E-state index in [0.29, 0.717) is 0 Å². The summed E-state index contributed by atoms with van der Waals surface area (Å²) >= 11 is 0. The van der Waals surface area contributed by atoms with Gasteiger partial charge in [0.15, 0.2) is 9.84 Å². The summed E-state index contributed by atoms with van der Waals surface area (Å²) in [6, 6.07) is 3.67. The number of rotatable bonds is 3. The number of hydrogen-bond donors (Lipinski definition) is 2. The number of hydrogen-bond acceptors (Lipinski definition) is 5. The smallest absolute Gasteiger partial charge is 0.272 e. The van der Waals surface area contributed by atoms with E-state index in [1.165, 1.54) is 19.2 Å². The van der Waals surface area contributed by atoms with Crippen LogP contribution in [0.4, 0.5) is 4.39 Å². The Morgan fingerprint density at radius 2 is 2.05 bits per heavy atom. The number of ether oxygens (including phenoxy) is 1. The SMILES string of the molecule is COc1ccc(C(=O)NNC(=O)[C@@H]2CCS(=O)(=O)C2)c(F)c1. The topological polar surface area (TPSA) is 102 Å². The Balaban J connectivity index is 1.94. The minimum Gasteiger partial charge on any atom is -0.497 e. The zero-order chi connectivity index (χ0) is 16.3. The maximum Gasteiger partial charge on any atom is 0.272 e. The molecule has 1 saturated heterocycles. The highest BCUT2D eigenvalue weighted by Gasteiger charge is 2.33. The molecular formula is C13H15FN2O5S. The number of nitrogens with one attached hydrogen (secondary N) is 2. The molecule has 9 heteroatoms. The minimum absolute atomic E-state index is 0.0495. The van der Waals surface area contributed by atoms with Crippen molar-refractivity contribution in [1.82, 2.24) is 10.9 Å². The molecule has 2 rings (SSSR count). The predicted molar refractivity (Wildman–Crippen MR) is 75.3 cm³/mol. The molecule has 0 aromatic heterocycles. The number of sulfone groups is 1. The molecule has 0 saturated carbocycles. The van der Waals surface area contributed by atoms with Gasteiger partial charge in [0.2, 0.25) is 5.91 Å². The van der Waals surface area contributed by atoms with E-state index in [4.69, 9.17) is 4.74 Å². The number of carbonyl (C=O) groups excluding carboxylic acids is 2. The molecule has 1 aromatic carbocycles. The van der Waals surface area contributed by atoms with Crippen LogP contribution in [0.3, 0.4) is 0 Å². The zero-order valence-electron chi connectivity index (χ0n) is 11.8. The Bertz CT molecular complexity index is 704. The lowest BCUT2D eigenvalue weighted by Crippen LogP contribution is -2.45. The molecule has 1 atom stereocenters. The predicted octanol–water partition coefficient (Wildman–Crippen LogP) is 0.0300. The fraction of sp³-hybridized carbons (Fsp3) is 0.385. The van der Waals surface area contributed by atoms with Crippen molar-refractivity contribution in [2.45, 2.75) is 6.42 Å². The summed E-state index contributed by atoms with van der Waals surface area (Å²) in [6.45, 7) is 0. The number of methoxy groups -OCH3 is 1. The van der Waals surface area contributed by atoms with Crippen LogP contribution in [0.1, 0.15) is 16.8 Å². The van der Waals surface area contributed by atoms with Crippen LogP contribution in [0.2, 0.25) is 0 Å². The van der Waals surface area contributed by atoms with Crippen molar-refractivity contribution in [3.63, 3.8) is 0 Å². The highest BCUT2D eigenvalue weighted by molar-refractivity contribution is 7.91.